The number of anilines is 2. The van der Waals surface area contributed by atoms with Crippen molar-refractivity contribution in [2.75, 3.05) is 16.3 Å². The smallest absolute Gasteiger partial charge is 0.222 e. The van der Waals surface area contributed by atoms with Crippen LogP contribution < -0.4 is 9.73 Å². The van der Waals surface area contributed by atoms with E-state index in [0.717, 1.165) is 29.9 Å². The summed E-state index contributed by atoms with van der Waals surface area (Å²) in [5.74, 6) is 0. The number of halogens is 1. The summed E-state index contributed by atoms with van der Waals surface area (Å²) in [7, 11) is -2.64. The van der Waals surface area contributed by atoms with E-state index in [1.165, 1.54) is 0 Å². The molecule has 1 aliphatic heterocycles. The third-order valence-corrected chi connectivity index (χ3v) is 4.06. The first-order valence-electron chi connectivity index (χ1n) is 6.74. The van der Waals surface area contributed by atoms with Crippen LogP contribution in [0, 0.1) is 0 Å². The molecule has 0 unspecified atom stereocenters. The SMILES string of the molecule is O=[SH](=O)Nc1ccc(N2CCC(c3ccc(Cl)cc3)=N2)cc1. The van der Waals surface area contributed by atoms with E-state index in [4.69, 9.17) is 11.6 Å². The molecule has 0 saturated carbocycles. The molecule has 0 amide bonds. The first-order valence-corrected chi connectivity index (χ1v) is 8.29. The van der Waals surface area contributed by atoms with E-state index in [1.54, 1.807) is 12.1 Å². The topological polar surface area (TPSA) is 61.8 Å². The van der Waals surface area contributed by atoms with Gasteiger partial charge in [0.2, 0.25) is 10.9 Å². The molecule has 0 bridgehead atoms. The van der Waals surface area contributed by atoms with Gasteiger partial charge in [-0.3, -0.25) is 9.73 Å². The van der Waals surface area contributed by atoms with Gasteiger partial charge < -0.3 is 0 Å². The molecular formula is C15H14ClN3O2S. The summed E-state index contributed by atoms with van der Waals surface area (Å²) in [6.45, 7) is 0.792. The molecular weight excluding hydrogens is 322 g/mol. The Bertz CT molecular complexity index is 762. The monoisotopic (exact) mass is 335 g/mol. The van der Waals surface area contributed by atoms with Crippen LogP contribution in [0.15, 0.2) is 53.6 Å². The minimum absolute atomic E-state index is 0.543. The molecule has 22 heavy (non-hydrogen) atoms. The molecule has 2 aromatic carbocycles. The zero-order valence-corrected chi connectivity index (χ0v) is 13.2. The Morgan fingerprint density at radius 2 is 1.73 bits per heavy atom. The fourth-order valence-electron chi connectivity index (χ4n) is 2.30. The standard InChI is InChI=1S/C15H14ClN3O2S/c16-12-3-1-11(2-4-12)15-9-10-19(17-15)14-7-5-13(6-8-14)18-22(20)21/h1-8,22H,9-10H2,(H,18,20,21). The molecule has 5 nitrogen and oxygen atoms in total. The van der Waals surface area contributed by atoms with Crippen LogP contribution in [-0.4, -0.2) is 20.7 Å². The quantitative estimate of drug-likeness (QED) is 0.844. The van der Waals surface area contributed by atoms with Crippen LogP contribution >= 0.6 is 11.6 Å². The van der Waals surface area contributed by atoms with Crippen molar-refractivity contribution in [1.29, 1.82) is 0 Å². The summed E-state index contributed by atoms with van der Waals surface area (Å²) in [4.78, 5) is 0. The third kappa shape index (κ3) is 3.40. The van der Waals surface area contributed by atoms with Crippen LogP contribution in [0.2, 0.25) is 5.02 Å². The van der Waals surface area contributed by atoms with Crippen LogP contribution in [-0.2, 0) is 10.9 Å². The summed E-state index contributed by atoms with van der Waals surface area (Å²) in [5.41, 5.74) is 3.55. The maximum absolute atomic E-state index is 10.6. The predicted octanol–water partition coefficient (Wildman–Crippen LogP) is 2.89. The first-order chi connectivity index (χ1) is 10.6. The van der Waals surface area contributed by atoms with Gasteiger partial charge in [0, 0.05) is 23.7 Å². The molecule has 0 radical (unpaired) electrons. The molecule has 0 saturated heterocycles. The maximum Gasteiger partial charge on any atom is 0.222 e. The number of hydrazone groups is 1. The van der Waals surface area contributed by atoms with Crippen molar-refractivity contribution in [3.63, 3.8) is 0 Å². The molecule has 0 aromatic heterocycles. The Labute approximate surface area is 135 Å². The lowest BCUT2D eigenvalue weighted by Gasteiger charge is -2.13. The molecule has 0 spiro atoms. The Balaban J connectivity index is 1.77. The van der Waals surface area contributed by atoms with E-state index >= 15 is 0 Å². The van der Waals surface area contributed by atoms with E-state index in [1.807, 2.05) is 41.4 Å². The van der Waals surface area contributed by atoms with Crippen LogP contribution in [0.3, 0.4) is 0 Å². The van der Waals surface area contributed by atoms with E-state index in [2.05, 4.69) is 9.82 Å². The number of rotatable bonds is 4. The summed E-state index contributed by atoms with van der Waals surface area (Å²) >= 11 is 5.89. The Morgan fingerprint density at radius 3 is 2.36 bits per heavy atom. The number of benzene rings is 2. The molecule has 0 atom stereocenters. The van der Waals surface area contributed by atoms with Gasteiger partial charge in [-0.15, -0.1) is 0 Å². The fraction of sp³-hybridized carbons (Fsp3) is 0.133. The second-order valence-corrected chi connectivity index (χ2v) is 6.02. The van der Waals surface area contributed by atoms with Gasteiger partial charge in [-0.25, -0.2) is 8.42 Å². The summed E-state index contributed by atoms with van der Waals surface area (Å²) in [5, 5.41) is 7.23. The minimum Gasteiger partial charge on any atom is -0.286 e. The molecule has 1 N–H and O–H groups in total. The molecule has 7 heteroatoms. The van der Waals surface area contributed by atoms with Gasteiger partial charge in [-0.2, -0.15) is 5.10 Å². The normalized spacial score (nSPS) is 14.3. The number of hydrogen-bond acceptors (Lipinski definition) is 4. The predicted molar refractivity (Wildman–Crippen MR) is 90.3 cm³/mol. The van der Waals surface area contributed by atoms with Crippen molar-refractivity contribution in [2.24, 2.45) is 5.10 Å². The number of thiol groups is 1. The van der Waals surface area contributed by atoms with Gasteiger partial charge in [0.05, 0.1) is 11.4 Å². The zero-order valence-electron chi connectivity index (χ0n) is 11.6. The van der Waals surface area contributed by atoms with Crippen molar-refractivity contribution >= 4 is 39.6 Å². The van der Waals surface area contributed by atoms with E-state index < -0.39 is 10.9 Å². The number of nitrogens with one attached hydrogen (secondary N) is 1. The van der Waals surface area contributed by atoms with Gasteiger partial charge in [-0.05, 0) is 42.0 Å². The van der Waals surface area contributed by atoms with Crippen molar-refractivity contribution in [3.05, 3.63) is 59.1 Å². The minimum atomic E-state index is -2.64. The van der Waals surface area contributed by atoms with E-state index in [0.29, 0.717) is 10.7 Å². The Morgan fingerprint density at radius 1 is 1.05 bits per heavy atom. The van der Waals surface area contributed by atoms with Crippen molar-refractivity contribution in [1.82, 2.24) is 0 Å². The fourth-order valence-corrected chi connectivity index (χ4v) is 2.79. The second kappa shape index (κ2) is 6.37. The molecule has 3 rings (SSSR count). The average Bonchev–Trinajstić information content (AvgIpc) is 2.98. The lowest BCUT2D eigenvalue weighted by molar-refractivity contribution is 0.619. The molecule has 1 heterocycles. The van der Waals surface area contributed by atoms with Gasteiger partial charge in [0.15, 0.2) is 0 Å². The van der Waals surface area contributed by atoms with Gasteiger partial charge in [0.1, 0.15) is 0 Å². The number of nitrogens with zero attached hydrogens (tertiary/aromatic N) is 2. The molecule has 0 fully saturated rings. The lowest BCUT2D eigenvalue weighted by atomic mass is 10.1. The summed E-state index contributed by atoms with van der Waals surface area (Å²) < 4.78 is 23.6. The van der Waals surface area contributed by atoms with Gasteiger partial charge in [0.25, 0.3) is 0 Å². The van der Waals surface area contributed by atoms with Crippen LogP contribution in [0.4, 0.5) is 11.4 Å². The van der Waals surface area contributed by atoms with Crippen LogP contribution in [0.1, 0.15) is 12.0 Å². The van der Waals surface area contributed by atoms with Gasteiger partial charge >= 0.3 is 0 Å². The zero-order chi connectivity index (χ0) is 15.5. The highest BCUT2D eigenvalue weighted by atomic mass is 35.5. The second-order valence-electron chi connectivity index (χ2n) is 4.84. The average molecular weight is 336 g/mol. The first kappa shape index (κ1) is 14.9. The van der Waals surface area contributed by atoms with Crippen molar-refractivity contribution in [2.45, 2.75) is 6.42 Å². The summed E-state index contributed by atoms with van der Waals surface area (Å²) in [6.07, 6.45) is 0.855. The largest absolute Gasteiger partial charge is 0.286 e. The highest BCUT2D eigenvalue weighted by Gasteiger charge is 2.17. The Kier molecular flexibility index (Phi) is 4.31. The Hall–Kier alpha value is -2.05. The third-order valence-electron chi connectivity index (χ3n) is 3.37. The van der Waals surface area contributed by atoms with Crippen LogP contribution in [0.25, 0.3) is 0 Å². The van der Waals surface area contributed by atoms with Crippen molar-refractivity contribution < 1.29 is 8.42 Å². The number of hydrogen-bond donors (Lipinski definition) is 2. The van der Waals surface area contributed by atoms with E-state index in [-0.39, 0.29) is 0 Å². The van der Waals surface area contributed by atoms with Gasteiger partial charge in [-0.1, -0.05) is 23.7 Å². The molecule has 0 aliphatic carbocycles. The highest BCUT2D eigenvalue weighted by Crippen LogP contribution is 2.24. The van der Waals surface area contributed by atoms with Crippen LogP contribution in [0.5, 0.6) is 0 Å². The summed E-state index contributed by atoms with van der Waals surface area (Å²) in [6, 6.07) is 14.8. The lowest BCUT2D eigenvalue weighted by Crippen LogP contribution is -2.11. The van der Waals surface area contributed by atoms with Crippen molar-refractivity contribution in [3.8, 4) is 0 Å². The molecule has 1 aliphatic rings. The molecule has 2 aromatic rings. The highest BCUT2D eigenvalue weighted by molar-refractivity contribution is 7.73. The maximum atomic E-state index is 10.6. The molecule has 114 valence electrons. The van der Waals surface area contributed by atoms with E-state index in [9.17, 15) is 8.42 Å².